The maximum atomic E-state index is 10.6. The molecule has 1 aliphatic rings. The predicted molar refractivity (Wildman–Crippen MR) is 97.3 cm³/mol. The Labute approximate surface area is 140 Å². The Hall–Kier alpha value is -1.64. The van der Waals surface area contributed by atoms with Crippen molar-refractivity contribution in [3.05, 3.63) is 66.3 Å². The number of hydrogen-bond acceptors (Lipinski definition) is 2. The van der Waals surface area contributed by atoms with Crippen LogP contribution in [0.4, 0.5) is 0 Å². The highest BCUT2D eigenvalue weighted by Crippen LogP contribution is 2.38. The van der Waals surface area contributed by atoms with Gasteiger partial charge in [-0.25, -0.2) is 0 Å². The number of aliphatic hydroxyl groups is 1. The van der Waals surface area contributed by atoms with Gasteiger partial charge in [0.25, 0.3) is 0 Å². The maximum absolute atomic E-state index is 10.6. The van der Waals surface area contributed by atoms with Gasteiger partial charge in [-0.15, -0.1) is 6.58 Å². The Kier molecular flexibility index (Phi) is 6.37. The van der Waals surface area contributed by atoms with E-state index in [1.165, 1.54) is 11.1 Å². The van der Waals surface area contributed by atoms with Gasteiger partial charge in [0.1, 0.15) is 0 Å². The van der Waals surface area contributed by atoms with Gasteiger partial charge in [-0.2, -0.15) is 0 Å². The third kappa shape index (κ3) is 4.92. The highest BCUT2D eigenvalue weighted by molar-refractivity contribution is 5.49. The van der Waals surface area contributed by atoms with E-state index in [1.807, 2.05) is 6.08 Å². The lowest BCUT2D eigenvalue weighted by molar-refractivity contribution is 0.00526. The minimum atomic E-state index is -0.809. The molecule has 1 aliphatic carbocycles. The minimum Gasteiger partial charge on any atom is -0.385 e. The molecule has 1 aromatic rings. The fourth-order valence-corrected chi connectivity index (χ4v) is 3.20. The number of ether oxygens (including phenoxy) is 1. The molecular formula is C21H28O2. The third-order valence-electron chi connectivity index (χ3n) is 4.66. The average Bonchev–Trinajstić information content (AvgIpc) is 2.56. The van der Waals surface area contributed by atoms with Crippen molar-refractivity contribution in [2.24, 2.45) is 5.92 Å². The minimum absolute atomic E-state index is 0.0647. The van der Waals surface area contributed by atoms with Gasteiger partial charge in [0, 0.05) is 5.92 Å². The van der Waals surface area contributed by atoms with Crippen molar-refractivity contribution in [1.29, 1.82) is 0 Å². The summed E-state index contributed by atoms with van der Waals surface area (Å²) in [4.78, 5) is 0. The first-order chi connectivity index (χ1) is 11.0. The third-order valence-corrected chi connectivity index (χ3v) is 4.66. The molecule has 2 heteroatoms. The zero-order valence-electron chi connectivity index (χ0n) is 14.1. The molecule has 0 bridgehead atoms. The number of hydrogen-bond donors (Lipinski definition) is 1. The normalized spacial score (nSPS) is 24.7. The summed E-state index contributed by atoms with van der Waals surface area (Å²) in [6.07, 6.45) is 9.66. The molecule has 124 valence electrons. The Balaban J connectivity index is 1.78. The molecule has 0 unspecified atom stereocenters. The topological polar surface area (TPSA) is 29.5 Å². The van der Waals surface area contributed by atoms with Crippen molar-refractivity contribution >= 4 is 6.08 Å². The van der Waals surface area contributed by atoms with Gasteiger partial charge in [-0.3, -0.25) is 0 Å². The molecule has 2 nitrogen and oxygen atoms in total. The van der Waals surface area contributed by atoms with Gasteiger partial charge in [-0.05, 0) is 30.9 Å². The van der Waals surface area contributed by atoms with E-state index in [-0.39, 0.29) is 5.92 Å². The number of rotatable bonds is 7. The van der Waals surface area contributed by atoms with E-state index in [9.17, 15) is 5.11 Å². The Morgan fingerprint density at radius 3 is 2.78 bits per heavy atom. The molecule has 2 rings (SSSR count). The largest absolute Gasteiger partial charge is 0.385 e. The van der Waals surface area contributed by atoms with Gasteiger partial charge in [0.15, 0.2) is 0 Å². The summed E-state index contributed by atoms with van der Waals surface area (Å²) in [7, 11) is 0. The standard InChI is InChI=1S/C21H28O2/c1-4-21(22)14-6-5-9-20(21)18(3)16-23-15-7-8-19-12-10-17(2)11-13-19/h4,7-8,10-13,20,22H,1,3,5-6,9,14-16H2,2H3/b8-7+/t20-,21-/m1/s1. The van der Waals surface area contributed by atoms with Crippen molar-refractivity contribution in [3.8, 4) is 0 Å². The number of aryl methyl sites for hydroxylation is 1. The van der Waals surface area contributed by atoms with E-state index in [0.717, 1.165) is 31.3 Å². The molecule has 1 fully saturated rings. The van der Waals surface area contributed by atoms with Crippen molar-refractivity contribution < 1.29 is 9.84 Å². The first kappa shape index (κ1) is 17.7. The molecule has 0 aliphatic heterocycles. The van der Waals surface area contributed by atoms with Crippen molar-refractivity contribution in [2.45, 2.75) is 38.2 Å². The highest BCUT2D eigenvalue weighted by Gasteiger charge is 2.37. The lowest BCUT2D eigenvalue weighted by Gasteiger charge is -2.38. The SMILES string of the molecule is C=C[C@@]1(O)CCCC[C@@H]1C(=C)COC/C=C/c1ccc(C)cc1. The van der Waals surface area contributed by atoms with Crippen molar-refractivity contribution in [2.75, 3.05) is 13.2 Å². The second kappa shape index (κ2) is 8.28. The van der Waals surface area contributed by atoms with Crippen LogP contribution < -0.4 is 0 Å². The van der Waals surface area contributed by atoms with Crippen LogP contribution in [0, 0.1) is 12.8 Å². The summed E-state index contributed by atoms with van der Waals surface area (Å²) >= 11 is 0. The zero-order chi connectivity index (χ0) is 16.7. The zero-order valence-corrected chi connectivity index (χ0v) is 14.1. The molecule has 0 heterocycles. The van der Waals surface area contributed by atoms with Crippen LogP contribution in [0.3, 0.4) is 0 Å². The van der Waals surface area contributed by atoms with Gasteiger partial charge in [0.05, 0.1) is 18.8 Å². The predicted octanol–water partition coefficient (Wildman–Crippen LogP) is 4.69. The van der Waals surface area contributed by atoms with E-state index >= 15 is 0 Å². The summed E-state index contributed by atoms with van der Waals surface area (Å²) in [6, 6.07) is 8.39. The van der Waals surface area contributed by atoms with Crippen LogP contribution in [0.1, 0.15) is 36.8 Å². The van der Waals surface area contributed by atoms with Crippen LogP contribution in [0.2, 0.25) is 0 Å². The fourth-order valence-electron chi connectivity index (χ4n) is 3.20. The Morgan fingerprint density at radius 2 is 2.09 bits per heavy atom. The molecule has 23 heavy (non-hydrogen) atoms. The van der Waals surface area contributed by atoms with Crippen LogP contribution in [-0.4, -0.2) is 23.9 Å². The first-order valence-electron chi connectivity index (χ1n) is 8.40. The van der Waals surface area contributed by atoms with Gasteiger partial charge in [-0.1, -0.05) is 67.5 Å². The van der Waals surface area contributed by atoms with Gasteiger partial charge >= 0.3 is 0 Å². The monoisotopic (exact) mass is 312 g/mol. The molecule has 0 amide bonds. The lowest BCUT2D eigenvalue weighted by Crippen LogP contribution is -2.40. The first-order valence-corrected chi connectivity index (χ1v) is 8.40. The summed E-state index contributed by atoms with van der Waals surface area (Å²) in [5, 5.41) is 10.6. The van der Waals surface area contributed by atoms with E-state index in [2.05, 4.69) is 50.4 Å². The quantitative estimate of drug-likeness (QED) is 0.585. The highest BCUT2D eigenvalue weighted by atomic mass is 16.5. The molecule has 0 aromatic heterocycles. The van der Waals surface area contributed by atoms with E-state index in [1.54, 1.807) is 6.08 Å². The average molecular weight is 312 g/mol. The van der Waals surface area contributed by atoms with Crippen LogP contribution in [0.5, 0.6) is 0 Å². The lowest BCUT2D eigenvalue weighted by atomic mass is 9.72. The van der Waals surface area contributed by atoms with Gasteiger partial charge in [0.2, 0.25) is 0 Å². The van der Waals surface area contributed by atoms with Crippen LogP contribution in [0.25, 0.3) is 6.08 Å². The summed E-state index contributed by atoms with van der Waals surface area (Å²) in [5.41, 5.74) is 2.59. The summed E-state index contributed by atoms with van der Waals surface area (Å²) in [5.74, 6) is 0.0647. The van der Waals surface area contributed by atoms with Crippen LogP contribution in [0.15, 0.2) is 55.1 Å². The van der Waals surface area contributed by atoms with Crippen molar-refractivity contribution in [3.63, 3.8) is 0 Å². The van der Waals surface area contributed by atoms with Crippen LogP contribution in [-0.2, 0) is 4.74 Å². The second-order valence-corrected chi connectivity index (χ2v) is 6.48. The summed E-state index contributed by atoms with van der Waals surface area (Å²) in [6.45, 7) is 11.0. The maximum Gasteiger partial charge on any atom is 0.0890 e. The Morgan fingerprint density at radius 1 is 1.35 bits per heavy atom. The van der Waals surface area contributed by atoms with E-state index in [4.69, 9.17) is 4.74 Å². The van der Waals surface area contributed by atoms with Crippen LogP contribution >= 0.6 is 0 Å². The van der Waals surface area contributed by atoms with Crippen molar-refractivity contribution in [1.82, 2.24) is 0 Å². The molecule has 2 atom stereocenters. The molecule has 0 saturated heterocycles. The number of benzene rings is 1. The molecule has 1 aromatic carbocycles. The summed E-state index contributed by atoms with van der Waals surface area (Å²) < 4.78 is 5.70. The molecular weight excluding hydrogens is 284 g/mol. The molecule has 0 radical (unpaired) electrons. The molecule has 0 spiro atoms. The van der Waals surface area contributed by atoms with Gasteiger partial charge < -0.3 is 9.84 Å². The van der Waals surface area contributed by atoms with E-state index < -0.39 is 5.60 Å². The molecule has 1 N–H and O–H groups in total. The second-order valence-electron chi connectivity index (χ2n) is 6.48. The van der Waals surface area contributed by atoms with E-state index in [0.29, 0.717) is 13.2 Å². The molecule has 1 saturated carbocycles. The Bertz CT molecular complexity index is 556. The smallest absolute Gasteiger partial charge is 0.0890 e. The fraction of sp³-hybridized carbons (Fsp3) is 0.429.